The number of anilines is 1. The van der Waals surface area contributed by atoms with E-state index in [0.717, 1.165) is 28.8 Å². The molecule has 0 aromatic heterocycles. The normalized spacial score (nSPS) is 12.3. The zero-order valence-corrected chi connectivity index (χ0v) is 14.5. The van der Waals surface area contributed by atoms with Crippen molar-refractivity contribution in [3.05, 3.63) is 29.8 Å². The number of amides is 1. The van der Waals surface area contributed by atoms with E-state index in [1.807, 2.05) is 13.8 Å². The summed E-state index contributed by atoms with van der Waals surface area (Å²) in [6.07, 6.45) is -3.83. The number of sulfonamides is 1. The smallest absolute Gasteiger partial charge is 0.356 e. The van der Waals surface area contributed by atoms with Crippen molar-refractivity contribution in [3.63, 3.8) is 0 Å². The number of hydrogen-bond donors (Lipinski definition) is 1. The van der Waals surface area contributed by atoms with Gasteiger partial charge in [0.05, 0.1) is 17.5 Å². The predicted molar refractivity (Wildman–Crippen MR) is 86.1 cm³/mol. The van der Waals surface area contributed by atoms with E-state index in [1.54, 1.807) is 0 Å². The number of halogens is 3. The number of carbonyl (C=O) groups excluding carboxylic acids is 1. The minimum Gasteiger partial charge on any atom is -0.356 e. The topological polar surface area (TPSA) is 66.5 Å². The molecule has 1 N–H and O–H groups in total. The van der Waals surface area contributed by atoms with Crippen molar-refractivity contribution in [2.24, 2.45) is 5.92 Å². The maximum Gasteiger partial charge on any atom is 0.416 e. The van der Waals surface area contributed by atoms with Crippen molar-refractivity contribution in [1.82, 2.24) is 5.32 Å². The summed E-state index contributed by atoms with van der Waals surface area (Å²) in [4.78, 5) is 11.7. The molecule has 0 fully saturated rings. The van der Waals surface area contributed by atoms with Crippen LogP contribution in [0.3, 0.4) is 0 Å². The Balaban J connectivity index is 2.94. The van der Waals surface area contributed by atoms with E-state index in [4.69, 9.17) is 0 Å². The summed E-state index contributed by atoms with van der Waals surface area (Å²) in [5.74, 6) is -0.118. The molecule has 24 heavy (non-hydrogen) atoms. The second kappa shape index (κ2) is 7.87. The van der Waals surface area contributed by atoms with Gasteiger partial charge in [0, 0.05) is 19.5 Å². The molecule has 5 nitrogen and oxygen atoms in total. The van der Waals surface area contributed by atoms with Gasteiger partial charge in [0.1, 0.15) is 0 Å². The minimum absolute atomic E-state index is 0.121. The standard InChI is InChI=1S/C15H21F3N2O3S/c1-11(2)10-19-14(21)7-8-20(24(3,22)23)13-6-4-5-12(9-13)15(16,17)18/h4-6,9,11H,7-8,10H2,1-3H3,(H,19,21). The van der Waals surface area contributed by atoms with Crippen molar-refractivity contribution >= 4 is 21.6 Å². The number of nitrogens with one attached hydrogen (secondary N) is 1. The van der Waals surface area contributed by atoms with Gasteiger partial charge in [-0.25, -0.2) is 8.42 Å². The first-order valence-electron chi connectivity index (χ1n) is 7.33. The molecule has 0 radical (unpaired) electrons. The van der Waals surface area contributed by atoms with Crippen LogP contribution in [-0.2, 0) is 21.0 Å². The van der Waals surface area contributed by atoms with Crippen LogP contribution in [0.4, 0.5) is 18.9 Å². The molecule has 0 heterocycles. The van der Waals surface area contributed by atoms with Crippen LogP contribution in [-0.4, -0.2) is 33.7 Å². The summed E-state index contributed by atoms with van der Waals surface area (Å²) in [7, 11) is -3.82. The van der Waals surface area contributed by atoms with Gasteiger partial charge in [-0.05, 0) is 24.1 Å². The first kappa shape index (κ1) is 20.3. The molecule has 9 heteroatoms. The van der Waals surface area contributed by atoms with Gasteiger partial charge < -0.3 is 5.32 Å². The molecule has 0 aliphatic rings. The average molecular weight is 366 g/mol. The van der Waals surface area contributed by atoms with Gasteiger partial charge in [-0.3, -0.25) is 9.10 Å². The second-order valence-corrected chi connectivity index (χ2v) is 7.74. The number of benzene rings is 1. The van der Waals surface area contributed by atoms with Crippen LogP contribution in [0.1, 0.15) is 25.8 Å². The van der Waals surface area contributed by atoms with Crippen LogP contribution in [0.5, 0.6) is 0 Å². The highest BCUT2D eigenvalue weighted by Crippen LogP contribution is 2.32. The monoisotopic (exact) mass is 366 g/mol. The van der Waals surface area contributed by atoms with Crippen molar-refractivity contribution in [2.75, 3.05) is 23.7 Å². The fraction of sp³-hybridized carbons (Fsp3) is 0.533. The third kappa shape index (κ3) is 6.38. The summed E-state index contributed by atoms with van der Waals surface area (Å²) < 4.78 is 62.9. The molecule has 0 aliphatic carbocycles. The van der Waals surface area contributed by atoms with Crippen molar-refractivity contribution in [3.8, 4) is 0 Å². The van der Waals surface area contributed by atoms with Gasteiger partial charge in [0.2, 0.25) is 15.9 Å². The van der Waals surface area contributed by atoms with E-state index < -0.39 is 21.8 Å². The summed E-state index contributed by atoms with van der Waals surface area (Å²) in [6.45, 7) is 4.03. The molecule has 0 saturated heterocycles. The van der Waals surface area contributed by atoms with Crippen LogP contribution < -0.4 is 9.62 Å². The molecule has 0 unspecified atom stereocenters. The average Bonchev–Trinajstić information content (AvgIpc) is 2.43. The third-order valence-electron chi connectivity index (χ3n) is 3.11. The third-order valence-corrected chi connectivity index (χ3v) is 4.31. The zero-order valence-electron chi connectivity index (χ0n) is 13.7. The van der Waals surface area contributed by atoms with Crippen LogP contribution >= 0.6 is 0 Å². The van der Waals surface area contributed by atoms with E-state index in [2.05, 4.69) is 5.32 Å². The van der Waals surface area contributed by atoms with E-state index in [9.17, 15) is 26.4 Å². The lowest BCUT2D eigenvalue weighted by atomic mass is 10.2. The second-order valence-electron chi connectivity index (χ2n) is 5.83. The quantitative estimate of drug-likeness (QED) is 0.807. The number of hydrogen-bond acceptors (Lipinski definition) is 3. The molecule has 136 valence electrons. The lowest BCUT2D eigenvalue weighted by Gasteiger charge is -2.23. The molecular weight excluding hydrogens is 345 g/mol. The fourth-order valence-electron chi connectivity index (χ4n) is 1.93. The summed E-state index contributed by atoms with van der Waals surface area (Å²) in [5, 5.41) is 2.64. The van der Waals surface area contributed by atoms with Gasteiger partial charge >= 0.3 is 6.18 Å². The van der Waals surface area contributed by atoms with Crippen molar-refractivity contribution in [1.29, 1.82) is 0 Å². The summed E-state index contributed by atoms with van der Waals surface area (Å²) in [6, 6.07) is 4.02. The SMILES string of the molecule is CC(C)CNC(=O)CCN(c1cccc(C(F)(F)F)c1)S(C)(=O)=O. The lowest BCUT2D eigenvalue weighted by Crippen LogP contribution is -2.35. The van der Waals surface area contributed by atoms with Crippen LogP contribution in [0.2, 0.25) is 0 Å². The number of carbonyl (C=O) groups is 1. The first-order valence-corrected chi connectivity index (χ1v) is 9.17. The molecule has 0 aliphatic heterocycles. The van der Waals surface area contributed by atoms with Gasteiger partial charge in [-0.15, -0.1) is 0 Å². The van der Waals surface area contributed by atoms with Gasteiger partial charge in [0.15, 0.2) is 0 Å². The Morgan fingerprint density at radius 2 is 1.92 bits per heavy atom. The molecule has 1 rings (SSSR count). The summed E-state index contributed by atoms with van der Waals surface area (Å²) in [5.41, 5.74) is -1.07. The van der Waals surface area contributed by atoms with E-state index >= 15 is 0 Å². The van der Waals surface area contributed by atoms with Crippen LogP contribution in [0, 0.1) is 5.92 Å². The number of rotatable bonds is 7. The van der Waals surface area contributed by atoms with Gasteiger partial charge in [-0.2, -0.15) is 13.2 Å². The number of alkyl halides is 3. The molecule has 0 atom stereocenters. The zero-order chi connectivity index (χ0) is 18.5. The van der Waals surface area contributed by atoms with Crippen molar-refractivity contribution in [2.45, 2.75) is 26.4 Å². The lowest BCUT2D eigenvalue weighted by molar-refractivity contribution is -0.137. The Kier molecular flexibility index (Phi) is 6.65. The van der Waals surface area contributed by atoms with Crippen LogP contribution in [0.15, 0.2) is 24.3 Å². The molecule has 0 bridgehead atoms. The maximum atomic E-state index is 12.8. The Morgan fingerprint density at radius 3 is 2.42 bits per heavy atom. The highest BCUT2D eigenvalue weighted by atomic mass is 32.2. The Labute approximate surface area is 139 Å². The predicted octanol–water partition coefficient (Wildman–Crippen LogP) is 2.63. The molecule has 1 amide bonds. The van der Waals surface area contributed by atoms with Crippen molar-refractivity contribution < 1.29 is 26.4 Å². The molecule has 1 aromatic carbocycles. The van der Waals surface area contributed by atoms with E-state index in [-0.39, 0.29) is 30.5 Å². The van der Waals surface area contributed by atoms with E-state index in [1.165, 1.54) is 6.07 Å². The first-order chi connectivity index (χ1) is 10.9. The highest BCUT2D eigenvalue weighted by molar-refractivity contribution is 7.92. The molecule has 1 aromatic rings. The maximum absolute atomic E-state index is 12.8. The Morgan fingerprint density at radius 1 is 1.29 bits per heavy atom. The highest BCUT2D eigenvalue weighted by Gasteiger charge is 2.31. The summed E-state index contributed by atoms with van der Waals surface area (Å²) >= 11 is 0. The van der Waals surface area contributed by atoms with E-state index in [0.29, 0.717) is 6.54 Å². The minimum atomic E-state index is -4.58. The molecular formula is C15H21F3N2O3S. The molecule has 0 saturated carbocycles. The van der Waals surface area contributed by atoms with Gasteiger partial charge in [-0.1, -0.05) is 19.9 Å². The van der Waals surface area contributed by atoms with Crippen LogP contribution in [0.25, 0.3) is 0 Å². The largest absolute Gasteiger partial charge is 0.416 e. The number of nitrogens with zero attached hydrogens (tertiary/aromatic N) is 1. The Bertz CT molecular complexity index is 673. The van der Waals surface area contributed by atoms with Gasteiger partial charge in [0.25, 0.3) is 0 Å². The Hall–Kier alpha value is -1.77. The fourth-order valence-corrected chi connectivity index (χ4v) is 2.85. The molecule has 0 spiro atoms.